The molecule has 2 aromatic heterocycles. The average molecular weight is 349 g/mol. The van der Waals surface area contributed by atoms with Gasteiger partial charge in [-0.15, -0.1) is 0 Å². The Labute approximate surface area is 152 Å². The van der Waals surface area contributed by atoms with Crippen molar-refractivity contribution >= 4 is 16.8 Å². The Morgan fingerprint density at radius 3 is 3.08 bits per heavy atom. The summed E-state index contributed by atoms with van der Waals surface area (Å²) in [5, 5.41) is 12.0. The predicted molar refractivity (Wildman–Crippen MR) is 101 cm³/mol. The Bertz CT molecular complexity index is 893. The molecule has 0 spiro atoms. The molecule has 0 aliphatic carbocycles. The molecule has 1 aliphatic heterocycles. The number of aromatic nitrogens is 3. The van der Waals surface area contributed by atoms with Gasteiger partial charge in [-0.25, -0.2) is 0 Å². The Morgan fingerprint density at radius 2 is 2.19 bits per heavy atom. The van der Waals surface area contributed by atoms with E-state index < -0.39 is 0 Å². The van der Waals surface area contributed by atoms with E-state index in [0.717, 1.165) is 41.7 Å². The van der Waals surface area contributed by atoms with Gasteiger partial charge in [-0.05, 0) is 43.1 Å². The quantitative estimate of drug-likeness (QED) is 0.741. The fraction of sp³-hybridized carbons (Fsp3) is 0.350. The normalized spacial score (nSPS) is 17.3. The number of pyridine rings is 1. The van der Waals surface area contributed by atoms with Gasteiger partial charge in [0.1, 0.15) is 6.54 Å². The second kappa shape index (κ2) is 7.66. The highest BCUT2D eigenvalue weighted by molar-refractivity contribution is 5.82. The molecule has 0 bridgehead atoms. The number of carbonyl (C=O) groups excluding carboxylic acids is 1. The first-order valence-corrected chi connectivity index (χ1v) is 9.13. The van der Waals surface area contributed by atoms with Gasteiger partial charge in [0.25, 0.3) is 0 Å². The van der Waals surface area contributed by atoms with Crippen LogP contribution in [0, 0.1) is 0 Å². The summed E-state index contributed by atoms with van der Waals surface area (Å²) in [6, 6.07) is 11.9. The number of fused-ring (bicyclic) bond motifs is 1. The van der Waals surface area contributed by atoms with E-state index in [1.165, 1.54) is 6.42 Å². The molecule has 26 heavy (non-hydrogen) atoms. The molecule has 0 saturated carbocycles. The maximum atomic E-state index is 12.3. The number of piperidine rings is 1. The van der Waals surface area contributed by atoms with Gasteiger partial charge >= 0.3 is 0 Å². The average Bonchev–Trinajstić information content (AvgIpc) is 3.15. The molecule has 4 rings (SSSR count). The third-order valence-corrected chi connectivity index (χ3v) is 4.90. The summed E-state index contributed by atoms with van der Waals surface area (Å²) >= 11 is 0. The summed E-state index contributed by atoms with van der Waals surface area (Å²) in [5.74, 6) is 0.415. The maximum Gasteiger partial charge on any atom is 0.241 e. The molecule has 6 heteroatoms. The minimum Gasteiger partial charge on any atom is -0.350 e. The Kier molecular flexibility index (Phi) is 4.93. The number of hydrogen-bond acceptors (Lipinski definition) is 4. The van der Waals surface area contributed by atoms with E-state index in [9.17, 15) is 4.79 Å². The molecule has 3 aromatic rings. The van der Waals surface area contributed by atoms with Crippen molar-refractivity contribution in [2.75, 3.05) is 13.1 Å². The maximum absolute atomic E-state index is 12.3. The molecule has 1 fully saturated rings. The van der Waals surface area contributed by atoms with Gasteiger partial charge < -0.3 is 10.6 Å². The predicted octanol–water partition coefficient (Wildman–Crippen LogP) is 2.21. The Balaban J connectivity index is 1.36. The van der Waals surface area contributed by atoms with Crippen LogP contribution in [0.4, 0.5) is 0 Å². The second-order valence-corrected chi connectivity index (χ2v) is 6.75. The van der Waals surface area contributed by atoms with Crippen LogP contribution < -0.4 is 10.6 Å². The lowest BCUT2D eigenvalue weighted by Gasteiger charge is -2.20. The Hall–Kier alpha value is -2.73. The first kappa shape index (κ1) is 16.7. The van der Waals surface area contributed by atoms with Crippen LogP contribution in [0.5, 0.6) is 0 Å². The highest BCUT2D eigenvalue weighted by Gasteiger charge is 2.17. The van der Waals surface area contributed by atoms with Crippen LogP contribution in [-0.2, 0) is 17.9 Å². The summed E-state index contributed by atoms with van der Waals surface area (Å²) in [6.07, 6.45) is 6.01. The topological polar surface area (TPSA) is 71.8 Å². The molecule has 2 N–H and O–H groups in total. The summed E-state index contributed by atoms with van der Waals surface area (Å²) in [6.45, 7) is 2.79. The zero-order chi connectivity index (χ0) is 17.8. The van der Waals surface area contributed by atoms with E-state index in [1.807, 2.05) is 42.6 Å². The highest BCUT2D eigenvalue weighted by atomic mass is 16.2. The van der Waals surface area contributed by atoms with Gasteiger partial charge in [0.2, 0.25) is 5.91 Å². The lowest BCUT2D eigenvalue weighted by atomic mass is 9.97. The van der Waals surface area contributed by atoms with Gasteiger partial charge in [0.05, 0.1) is 11.2 Å². The Morgan fingerprint density at radius 1 is 1.27 bits per heavy atom. The first-order valence-electron chi connectivity index (χ1n) is 9.13. The third-order valence-electron chi connectivity index (χ3n) is 4.90. The molecule has 0 unspecified atom stereocenters. The van der Waals surface area contributed by atoms with Crippen LogP contribution >= 0.6 is 0 Å². The summed E-state index contributed by atoms with van der Waals surface area (Å²) < 4.78 is 1.73. The molecule has 1 atom stereocenters. The number of nitrogens with zero attached hydrogens (tertiary/aromatic N) is 3. The zero-order valence-corrected chi connectivity index (χ0v) is 14.7. The first-order chi connectivity index (χ1) is 12.8. The van der Waals surface area contributed by atoms with Gasteiger partial charge in [-0.3, -0.25) is 14.5 Å². The molecule has 3 heterocycles. The number of nitrogens with one attached hydrogen (secondary N) is 2. The molecule has 1 aliphatic rings. The van der Waals surface area contributed by atoms with E-state index in [4.69, 9.17) is 0 Å². The van der Waals surface area contributed by atoms with E-state index in [2.05, 4.69) is 20.7 Å². The van der Waals surface area contributed by atoms with Crippen LogP contribution in [0.3, 0.4) is 0 Å². The lowest BCUT2D eigenvalue weighted by molar-refractivity contribution is -0.122. The van der Waals surface area contributed by atoms with Gasteiger partial charge in [0, 0.05) is 36.8 Å². The number of rotatable bonds is 5. The molecule has 1 amide bonds. The minimum atomic E-state index is -0.0395. The van der Waals surface area contributed by atoms with Gasteiger partial charge in [-0.1, -0.05) is 18.2 Å². The van der Waals surface area contributed by atoms with Crippen LogP contribution in [0.1, 0.15) is 30.0 Å². The van der Waals surface area contributed by atoms with Crippen molar-refractivity contribution in [1.82, 2.24) is 25.4 Å². The van der Waals surface area contributed by atoms with Crippen LogP contribution in [0.2, 0.25) is 0 Å². The van der Waals surface area contributed by atoms with Crippen LogP contribution in [0.25, 0.3) is 10.9 Å². The van der Waals surface area contributed by atoms with Crippen molar-refractivity contribution in [1.29, 1.82) is 0 Å². The fourth-order valence-electron chi connectivity index (χ4n) is 3.49. The van der Waals surface area contributed by atoms with E-state index >= 15 is 0 Å². The van der Waals surface area contributed by atoms with Crippen molar-refractivity contribution in [3.05, 3.63) is 60.0 Å². The molecule has 1 aromatic carbocycles. The van der Waals surface area contributed by atoms with Crippen LogP contribution in [0.15, 0.2) is 48.8 Å². The standard InChI is InChI=1S/C20H23N5O/c26-20(14-25-11-8-18(24-25)16-4-3-9-21-12-16)23-13-15-7-10-22-19-6-2-1-5-17(15)19/h1-2,5-8,10-11,16,21H,3-4,9,12-14H2,(H,23,26)/t16-/m0/s1. The fourth-order valence-corrected chi connectivity index (χ4v) is 3.49. The number of hydrogen-bond donors (Lipinski definition) is 2. The van der Waals surface area contributed by atoms with E-state index in [0.29, 0.717) is 12.5 Å². The molecule has 0 radical (unpaired) electrons. The SMILES string of the molecule is O=C(Cn1ccc([C@H]2CCCNC2)n1)NCc1ccnc2ccccc12. The van der Waals surface area contributed by atoms with Crippen LogP contribution in [-0.4, -0.2) is 33.8 Å². The van der Waals surface area contributed by atoms with E-state index in [-0.39, 0.29) is 12.5 Å². The molecule has 6 nitrogen and oxygen atoms in total. The number of amides is 1. The van der Waals surface area contributed by atoms with Crippen molar-refractivity contribution in [2.45, 2.75) is 31.8 Å². The zero-order valence-electron chi connectivity index (χ0n) is 14.7. The molecular formula is C20H23N5O. The minimum absolute atomic E-state index is 0.0395. The van der Waals surface area contributed by atoms with Crippen molar-refractivity contribution in [2.24, 2.45) is 0 Å². The van der Waals surface area contributed by atoms with E-state index in [1.54, 1.807) is 10.9 Å². The summed E-state index contributed by atoms with van der Waals surface area (Å²) in [5.41, 5.74) is 3.08. The number of para-hydroxylation sites is 1. The second-order valence-electron chi connectivity index (χ2n) is 6.75. The van der Waals surface area contributed by atoms with Crippen molar-refractivity contribution in [3.63, 3.8) is 0 Å². The summed E-state index contributed by atoms with van der Waals surface area (Å²) in [7, 11) is 0. The number of benzene rings is 1. The van der Waals surface area contributed by atoms with Gasteiger partial charge in [-0.2, -0.15) is 5.10 Å². The van der Waals surface area contributed by atoms with Crippen molar-refractivity contribution in [3.8, 4) is 0 Å². The largest absolute Gasteiger partial charge is 0.350 e. The van der Waals surface area contributed by atoms with Gasteiger partial charge in [0.15, 0.2) is 0 Å². The summed E-state index contributed by atoms with van der Waals surface area (Å²) in [4.78, 5) is 16.7. The molecular weight excluding hydrogens is 326 g/mol. The number of carbonyl (C=O) groups is 1. The third kappa shape index (κ3) is 3.75. The lowest BCUT2D eigenvalue weighted by Crippen LogP contribution is -2.29. The molecule has 1 saturated heterocycles. The smallest absolute Gasteiger partial charge is 0.241 e. The highest BCUT2D eigenvalue weighted by Crippen LogP contribution is 2.21. The molecule has 134 valence electrons. The monoisotopic (exact) mass is 349 g/mol. The van der Waals surface area contributed by atoms with Crippen molar-refractivity contribution < 1.29 is 4.79 Å².